The van der Waals surface area contributed by atoms with Crippen molar-refractivity contribution in [2.45, 2.75) is 51.7 Å². The Morgan fingerprint density at radius 2 is 2.09 bits per heavy atom. The first-order chi connectivity index (χ1) is 16.3. The molecular formula is C24H29N7O3. The summed E-state index contributed by atoms with van der Waals surface area (Å²) in [6, 6.07) is 8.25. The van der Waals surface area contributed by atoms with Crippen molar-refractivity contribution >= 4 is 28.4 Å². The number of ether oxygens (including phenoxy) is 1. The molecule has 1 aromatic carbocycles. The molecule has 10 heteroatoms. The molecule has 1 aliphatic carbocycles. The van der Waals surface area contributed by atoms with Gasteiger partial charge in [-0.2, -0.15) is 4.98 Å². The van der Waals surface area contributed by atoms with Gasteiger partial charge in [-0.25, -0.2) is 9.50 Å². The van der Waals surface area contributed by atoms with Crippen molar-refractivity contribution in [1.82, 2.24) is 29.5 Å². The van der Waals surface area contributed by atoms with E-state index in [4.69, 9.17) is 4.74 Å². The smallest absolute Gasteiger partial charge is 0.244 e. The molecule has 3 heterocycles. The molecule has 34 heavy (non-hydrogen) atoms. The number of aliphatic hydroxyl groups excluding tert-OH is 1. The molecule has 0 saturated heterocycles. The molecule has 0 bridgehead atoms. The predicted molar refractivity (Wildman–Crippen MR) is 129 cm³/mol. The fraction of sp³-hybridized carbons (Fsp3) is 0.417. The number of amides is 1. The van der Waals surface area contributed by atoms with Crippen LogP contribution in [0.1, 0.15) is 32.5 Å². The number of rotatable bonds is 7. The Morgan fingerprint density at radius 1 is 1.29 bits per heavy atom. The quantitative estimate of drug-likeness (QED) is 0.385. The molecule has 1 aliphatic rings. The van der Waals surface area contributed by atoms with Gasteiger partial charge in [-0.05, 0) is 50.5 Å². The van der Waals surface area contributed by atoms with Crippen LogP contribution in [0, 0.1) is 6.92 Å². The maximum Gasteiger partial charge on any atom is 0.244 e. The molecule has 0 radical (unpaired) electrons. The Balaban J connectivity index is 1.46. The zero-order valence-corrected chi connectivity index (χ0v) is 19.8. The summed E-state index contributed by atoms with van der Waals surface area (Å²) in [5.41, 5.74) is 4.36. The third kappa shape index (κ3) is 3.83. The van der Waals surface area contributed by atoms with E-state index < -0.39 is 0 Å². The minimum Gasteiger partial charge on any atom is -0.479 e. The van der Waals surface area contributed by atoms with Crippen molar-refractivity contribution in [2.75, 3.05) is 19.0 Å². The van der Waals surface area contributed by atoms with Gasteiger partial charge >= 0.3 is 0 Å². The summed E-state index contributed by atoms with van der Waals surface area (Å²) in [7, 11) is 1.60. The average Bonchev–Trinajstić information content (AvgIpc) is 3.32. The van der Waals surface area contributed by atoms with E-state index in [1.54, 1.807) is 11.6 Å². The van der Waals surface area contributed by atoms with E-state index in [-0.39, 0.29) is 24.1 Å². The maximum atomic E-state index is 11.4. The number of aromatic nitrogens is 5. The van der Waals surface area contributed by atoms with E-state index in [0.29, 0.717) is 18.4 Å². The summed E-state index contributed by atoms with van der Waals surface area (Å²) in [5, 5.41) is 20.5. The number of carbonyl (C=O) groups excluding carboxylic acids is 1. The van der Waals surface area contributed by atoms with Crippen molar-refractivity contribution in [3.8, 4) is 17.0 Å². The molecule has 3 N–H and O–H groups in total. The highest BCUT2D eigenvalue weighted by Gasteiger charge is 2.41. The van der Waals surface area contributed by atoms with E-state index in [2.05, 4.69) is 31.8 Å². The number of hydrogen-bond acceptors (Lipinski definition) is 7. The molecular weight excluding hydrogens is 434 g/mol. The zero-order chi connectivity index (χ0) is 24.0. The molecule has 1 saturated carbocycles. The van der Waals surface area contributed by atoms with Crippen LogP contribution in [0.5, 0.6) is 5.88 Å². The second kappa shape index (κ2) is 8.28. The monoisotopic (exact) mass is 463 g/mol. The first kappa shape index (κ1) is 22.1. The topological polar surface area (TPSA) is 119 Å². The number of aliphatic hydroxyl groups is 1. The Kier molecular flexibility index (Phi) is 5.40. The fourth-order valence-corrected chi connectivity index (χ4v) is 5.06. The number of hydrogen-bond donors (Lipinski definition) is 3. The number of carbonyl (C=O) groups is 1. The van der Waals surface area contributed by atoms with Crippen molar-refractivity contribution in [1.29, 1.82) is 0 Å². The Morgan fingerprint density at radius 3 is 2.79 bits per heavy atom. The number of fused-ring (bicyclic) bond motifs is 2. The van der Waals surface area contributed by atoms with Gasteiger partial charge in [0.1, 0.15) is 11.3 Å². The lowest BCUT2D eigenvalue weighted by Gasteiger charge is -2.45. The summed E-state index contributed by atoms with van der Waals surface area (Å²) in [6.45, 7) is 6.06. The van der Waals surface area contributed by atoms with Crippen LogP contribution in [0.15, 0.2) is 30.5 Å². The molecule has 1 amide bonds. The van der Waals surface area contributed by atoms with Crippen molar-refractivity contribution in [3.63, 3.8) is 0 Å². The summed E-state index contributed by atoms with van der Waals surface area (Å²) in [5.74, 6) is 1.80. The number of anilines is 1. The van der Waals surface area contributed by atoms with Gasteiger partial charge in [0, 0.05) is 36.8 Å². The molecule has 0 unspecified atom stereocenters. The van der Waals surface area contributed by atoms with Crippen LogP contribution in [0.3, 0.4) is 0 Å². The van der Waals surface area contributed by atoms with Gasteiger partial charge in [0.05, 0.1) is 24.8 Å². The molecule has 3 aromatic heterocycles. The highest BCUT2D eigenvalue weighted by atomic mass is 16.5. The lowest BCUT2D eigenvalue weighted by molar-refractivity contribution is -0.121. The van der Waals surface area contributed by atoms with Crippen molar-refractivity contribution < 1.29 is 14.6 Å². The number of nitrogens with one attached hydrogen (secondary N) is 2. The third-order valence-electron chi connectivity index (χ3n) is 6.45. The molecule has 0 spiro atoms. The molecule has 0 atom stereocenters. The van der Waals surface area contributed by atoms with Gasteiger partial charge in [-0.3, -0.25) is 4.79 Å². The van der Waals surface area contributed by atoms with Crippen LogP contribution in [-0.4, -0.2) is 60.5 Å². The first-order valence-electron chi connectivity index (χ1n) is 11.4. The van der Waals surface area contributed by atoms with Crippen LogP contribution in [0.4, 0.5) is 5.95 Å². The first-order valence-corrected chi connectivity index (χ1v) is 11.4. The molecule has 5 rings (SSSR count). The maximum absolute atomic E-state index is 11.4. The Labute approximate surface area is 197 Å². The normalized spacial score (nSPS) is 19.9. The molecule has 0 aliphatic heterocycles. The highest BCUT2D eigenvalue weighted by Crippen LogP contribution is 2.36. The largest absolute Gasteiger partial charge is 0.479 e. The van der Waals surface area contributed by atoms with Gasteiger partial charge < -0.3 is 25.0 Å². The highest BCUT2D eigenvalue weighted by molar-refractivity contribution is 5.90. The summed E-state index contributed by atoms with van der Waals surface area (Å²) < 4.78 is 9.44. The minimum atomic E-state index is -0.197. The number of benzene rings is 1. The minimum absolute atomic E-state index is 0.0204. The Bertz CT molecular complexity index is 1380. The molecule has 178 valence electrons. The number of aryl methyl sites for hydroxylation is 1. The van der Waals surface area contributed by atoms with Gasteiger partial charge in [-0.1, -0.05) is 6.07 Å². The van der Waals surface area contributed by atoms with Crippen LogP contribution < -0.4 is 15.4 Å². The molecule has 4 aromatic rings. The third-order valence-corrected chi connectivity index (χ3v) is 6.45. The van der Waals surface area contributed by atoms with E-state index in [0.717, 1.165) is 46.3 Å². The van der Waals surface area contributed by atoms with Gasteiger partial charge in [-0.15, -0.1) is 5.10 Å². The lowest BCUT2D eigenvalue weighted by atomic mass is 9.74. The SMILES string of the molecule is COc1nc(NC2CC(C)(NC(C)=O)C2)nn2ccc(-c3ccc4nc(C)n(CCO)c4c3)c12. The van der Waals surface area contributed by atoms with E-state index >= 15 is 0 Å². The van der Waals surface area contributed by atoms with Crippen LogP contribution in [0.25, 0.3) is 27.7 Å². The van der Waals surface area contributed by atoms with E-state index in [1.165, 1.54) is 6.92 Å². The standard InChI is InChI=1S/C24H29N7O3/c1-14-25-19-6-5-16(11-20(19)30(14)9-10-32)18-7-8-31-21(18)22(34-4)27-23(29-31)26-17-12-24(3,13-17)28-15(2)33/h5-8,11,17,32H,9-10,12-13H2,1-4H3,(H,26,29)(H,28,33). The zero-order valence-electron chi connectivity index (χ0n) is 19.8. The van der Waals surface area contributed by atoms with Crippen LogP contribution in [-0.2, 0) is 11.3 Å². The summed E-state index contributed by atoms with van der Waals surface area (Å²) in [4.78, 5) is 20.6. The second-order valence-corrected chi connectivity index (χ2v) is 9.20. The van der Waals surface area contributed by atoms with Crippen LogP contribution in [0.2, 0.25) is 0 Å². The summed E-state index contributed by atoms with van der Waals surface area (Å²) >= 11 is 0. The van der Waals surface area contributed by atoms with Gasteiger partial charge in [0.15, 0.2) is 0 Å². The Hall–Kier alpha value is -3.66. The van der Waals surface area contributed by atoms with E-state index in [1.807, 2.05) is 42.8 Å². The summed E-state index contributed by atoms with van der Waals surface area (Å²) in [6.07, 6.45) is 3.49. The average molecular weight is 464 g/mol. The number of nitrogens with zero attached hydrogens (tertiary/aromatic N) is 5. The number of imidazole rings is 1. The predicted octanol–water partition coefficient (Wildman–Crippen LogP) is 2.52. The lowest BCUT2D eigenvalue weighted by Crippen LogP contribution is -2.59. The second-order valence-electron chi connectivity index (χ2n) is 9.20. The van der Waals surface area contributed by atoms with Gasteiger partial charge in [0.25, 0.3) is 0 Å². The number of methoxy groups -OCH3 is 1. The molecule has 10 nitrogen and oxygen atoms in total. The molecule has 1 fully saturated rings. The fourth-order valence-electron chi connectivity index (χ4n) is 5.06. The van der Waals surface area contributed by atoms with Crippen molar-refractivity contribution in [2.24, 2.45) is 0 Å². The van der Waals surface area contributed by atoms with Gasteiger partial charge in [0.2, 0.25) is 17.7 Å². The van der Waals surface area contributed by atoms with Crippen LogP contribution >= 0.6 is 0 Å². The van der Waals surface area contributed by atoms with E-state index in [9.17, 15) is 9.90 Å². The van der Waals surface area contributed by atoms with Crippen molar-refractivity contribution in [3.05, 3.63) is 36.3 Å².